The van der Waals surface area contributed by atoms with E-state index in [0.29, 0.717) is 0 Å². The maximum atomic E-state index is 6.35. The van der Waals surface area contributed by atoms with Crippen LogP contribution in [0.2, 0.25) is 0 Å². The summed E-state index contributed by atoms with van der Waals surface area (Å²) in [6.45, 7) is 8.87. The molecule has 1 rings (SSSR count). The van der Waals surface area contributed by atoms with Crippen molar-refractivity contribution < 1.29 is 29.8 Å². The molecule has 0 radical (unpaired) electrons. The molecule has 1 aromatic rings. The Hall–Kier alpha value is -0.0299. The molecule has 132 valence electrons. The van der Waals surface area contributed by atoms with Gasteiger partial charge in [0.25, 0.3) is 0 Å². The van der Waals surface area contributed by atoms with Gasteiger partial charge < -0.3 is 0 Å². The molecule has 4 heteroatoms. The van der Waals surface area contributed by atoms with E-state index in [2.05, 4.69) is 51.1 Å². The molecule has 0 N–H and O–H groups in total. The third kappa shape index (κ3) is 9.13. The van der Waals surface area contributed by atoms with Crippen LogP contribution in [-0.4, -0.2) is 19.8 Å². The van der Waals surface area contributed by atoms with E-state index >= 15 is 0 Å². The van der Waals surface area contributed by atoms with Crippen LogP contribution in [0.15, 0.2) is 30.3 Å². The minimum absolute atomic E-state index is 0.767. The van der Waals surface area contributed by atoms with Crippen molar-refractivity contribution in [1.82, 2.24) is 0 Å². The summed E-state index contributed by atoms with van der Waals surface area (Å²) in [5, 5.41) is 0. The molecule has 0 spiro atoms. The van der Waals surface area contributed by atoms with Crippen LogP contribution in [0.25, 0.3) is 0 Å². The molecule has 3 nitrogen and oxygen atoms in total. The van der Waals surface area contributed by atoms with Crippen LogP contribution in [0.3, 0.4) is 0 Å². The van der Waals surface area contributed by atoms with E-state index in [1.165, 1.54) is 5.56 Å². The zero-order chi connectivity index (χ0) is 16.8. The summed E-state index contributed by atoms with van der Waals surface area (Å²) in [6, 6.07) is 10.5. The van der Waals surface area contributed by atoms with E-state index in [4.69, 9.17) is 8.56 Å². The fourth-order valence-electron chi connectivity index (χ4n) is 2.24. The Morgan fingerprint density at radius 2 is 1.13 bits per heavy atom. The Morgan fingerprint density at radius 1 is 0.696 bits per heavy atom. The molecule has 23 heavy (non-hydrogen) atoms. The predicted molar refractivity (Wildman–Crippen MR) is 92.7 cm³/mol. The zero-order valence-corrected chi connectivity index (χ0v) is 18.8. The number of hydrogen-bond donors (Lipinski definition) is 0. The van der Waals surface area contributed by atoms with Gasteiger partial charge in [-0.1, -0.05) is 0 Å². The average molecular weight is 489 g/mol. The van der Waals surface area contributed by atoms with Gasteiger partial charge in [-0.3, -0.25) is 0 Å². The van der Waals surface area contributed by atoms with Crippen LogP contribution in [0.1, 0.15) is 64.9 Å². The molecule has 0 aromatic heterocycles. The first-order valence-corrected chi connectivity index (χ1v) is 16.2. The Balaban J connectivity index is 2.79. The van der Waals surface area contributed by atoms with Crippen LogP contribution in [0.5, 0.6) is 0 Å². The molecule has 0 aliphatic carbocycles. The Morgan fingerprint density at radius 3 is 1.52 bits per heavy atom. The van der Waals surface area contributed by atoms with Gasteiger partial charge in [-0.15, -0.1) is 0 Å². The molecule has 0 saturated carbocycles. The van der Waals surface area contributed by atoms with Crippen LogP contribution in [-0.2, 0) is 34.0 Å². The van der Waals surface area contributed by atoms with Gasteiger partial charge in [0.15, 0.2) is 0 Å². The van der Waals surface area contributed by atoms with Crippen LogP contribution < -0.4 is 0 Å². The molecule has 0 aliphatic rings. The van der Waals surface area contributed by atoms with Gasteiger partial charge in [0.1, 0.15) is 0 Å². The summed E-state index contributed by atoms with van der Waals surface area (Å²) >= 11 is -3.67. The first-order chi connectivity index (χ1) is 11.3. The minimum atomic E-state index is -3.67. The maximum absolute atomic E-state index is 6.35. The van der Waals surface area contributed by atoms with Crippen molar-refractivity contribution in [2.45, 2.75) is 63.5 Å². The third-order valence-corrected chi connectivity index (χ3v) is 13.7. The molecule has 0 unspecified atom stereocenters. The Kier molecular flexibility index (Phi) is 12.1. The fraction of sp³-hybridized carbons (Fsp3) is 0.684. The van der Waals surface area contributed by atoms with Crippen molar-refractivity contribution >= 4 is 0 Å². The van der Waals surface area contributed by atoms with Crippen LogP contribution >= 0.6 is 0 Å². The molecular formula is C19H34HfO3. The molecule has 1 aromatic carbocycles. The average Bonchev–Trinajstić information content (AvgIpc) is 2.56. The van der Waals surface area contributed by atoms with Crippen LogP contribution in [0, 0.1) is 0 Å². The summed E-state index contributed by atoms with van der Waals surface area (Å²) in [6.07, 6.45) is 6.64. The zero-order valence-electron chi connectivity index (χ0n) is 15.2. The van der Waals surface area contributed by atoms with E-state index in [1.54, 1.807) is 0 Å². The Labute approximate surface area is 148 Å². The van der Waals surface area contributed by atoms with Gasteiger partial charge in [0.05, 0.1) is 0 Å². The number of unbranched alkanes of at least 4 members (excludes halogenated alkanes) is 3. The summed E-state index contributed by atoms with van der Waals surface area (Å²) in [4.78, 5) is 0. The van der Waals surface area contributed by atoms with E-state index < -0.39 is 21.3 Å². The van der Waals surface area contributed by atoms with E-state index in [9.17, 15) is 0 Å². The SMILES string of the molecule is CCCC[O][Hf]([CH2]c1ccccc1)([O]CCCC)[O]CCCC. The number of hydrogen-bond acceptors (Lipinski definition) is 3. The first-order valence-electron chi connectivity index (χ1n) is 9.22. The monoisotopic (exact) mass is 490 g/mol. The van der Waals surface area contributed by atoms with Gasteiger partial charge in [-0.25, -0.2) is 0 Å². The molecule has 0 saturated heterocycles. The summed E-state index contributed by atoms with van der Waals surface area (Å²) < 4.78 is 19.9. The normalized spacial score (nSPS) is 11.8. The molecule has 0 bridgehead atoms. The van der Waals surface area contributed by atoms with Gasteiger partial charge in [0.2, 0.25) is 0 Å². The van der Waals surface area contributed by atoms with Crippen molar-refractivity contribution in [2.75, 3.05) is 19.8 Å². The van der Waals surface area contributed by atoms with E-state index in [1.807, 2.05) is 0 Å². The summed E-state index contributed by atoms with van der Waals surface area (Å²) in [5.74, 6) is 0. The molecule has 0 atom stereocenters. The van der Waals surface area contributed by atoms with Gasteiger partial charge in [-0.2, -0.15) is 0 Å². The van der Waals surface area contributed by atoms with E-state index in [-0.39, 0.29) is 0 Å². The van der Waals surface area contributed by atoms with Gasteiger partial charge >= 0.3 is 149 Å². The Bertz CT molecular complexity index is 357. The van der Waals surface area contributed by atoms with Gasteiger partial charge in [-0.05, 0) is 0 Å². The standard InChI is InChI=1S/C7H7.3C4H9O.Hf/c1-7-5-3-2-4-6-7;3*1-2-3-4-5;/h2-6H,1H2;3*2-4H2,1H3;/q;3*-1;+3. The second kappa shape index (κ2) is 13.3. The van der Waals surface area contributed by atoms with Crippen molar-refractivity contribution in [3.05, 3.63) is 35.9 Å². The summed E-state index contributed by atoms with van der Waals surface area (Å²) in [7, 11) is 0. The number of benzene rings is 1. The molecule has 0 fully saturated rings. The van der Waals surface area contributed by atoms with E-state index in [0.717, 1.165) is 62.5 Å². The molecule has 0 heterocycles. The van der Waals surface area contributed by atoms with Crippen LogP contribution in [0.4, 0.5) is 0 Å². The second-order valence-corrected chi connectivity index (χ2v) is 15.2. The quantitative estimate of drug-likeness (QED) is 0.254. The number of rotatable bonds is 14. The first kappa shape index (κ1) is 21.0. The second-order valence-electron chi connectivity index (χ2n) is 5.95. The third-order valence-electron chi connectivity index (χ3n) is 3.72. The topological polar surface area (TPSA) is 27.7 Å². The van der Waals surface area contributed by atoms with Crippen molar-refractivity contribution in [2.24, 2.45) is 0 Å². The van der Waals surface area contributed by atoms with Crippen molar-refractivity contribution in [3.63, 3.8) is 0 Å². The molecule has 0 amide bonds. The molecule has 0 aliphatic heterocycles. The van der Waals surface area contributed by atoms with Crippen molar-refractivity contribution in [1.29, 1.82) is 0 Å². The van der Waals surface area contributed by atoms with Crippen molar-refractivity contribution in [3.8, 4) is 0 Å². The summed E-state index contributed by atoms with van der Waals surface area (Å²) in [5.41, 5.74) is 1.28. The molecular weight excluding hydrogens is 455 g/mol. The fourth-order valence-corrected chi connectivity index (χ4v) is 11.8. The van der Waals surface area contributed by atoms with Gasteiger partial charge in [0, 0.05) is 0 Å². The predicted octanol–water partition coefficient (Wildman–Crippen LogP) is 5.54.